The van der Waals surface area contributed by atoms with Crippen molar-refractivity contribution in [2.24, 2.45) is 56.7 Å². The second-order valence-corrected chi connectivity index (χ2v) is 18.4. The number of rotatable bonds is 8. The van der Waals surface area contributed by atoms with E-state index in [2.05, 4.69) is 48.1 Å². The van der Waals surface area contributed by atoms with Crippen LogP contribution in [0.4, 0.5) is 4.79 Å². The Bertz CT molecular complexity index is 1240. The molecule has 0 radical (unpaired) electrons. The number of ether oxygens (including phenoxy) is 4. The van der Waals surface area contributed by atoms with Crippen molar-refractivity contribution in [2.45, 2.75) is 143 Å². The molecule has 5 N–H and O–H groups in total. The van der Waals surface area contributed by atoms with E-state index in [0.717, 1.165) is 38.5 Å². The summed E-state index contributed by atoms with van der Waals surface area (Å²) in [6.45, 7) is 18.5. The Morgan fingerprint density at radius 3 is 2.22 bits per heavy atom. The Morgan fingerprint density at radius 2 is 1.53 bits per heavy atom. The van der Waals surface area contributed by atoms with Crippen LogP contribution in [0, 0.1) is 56.7 Å². The monoisotopic (exact) mass is 692 g/mol. The second kappa shape index (κ2) is 13.3. The highest BCUT2D eigenvalue weighted by molar-refractivity contribution is 5.59. The molecule has 0 spiro atoms. The van der Waals surface area contributed by atoms with Crippen LogP contribution in [-0.2, 0) is 18.9 Å². The molecule has 280 valence electrons. The normalized spacial score (nSPS) is 50.3. The fraction of sp³-hybridized carbons (Fsp3) is 0.923. The van der Waals surface area contributed by atoms with Crippen LogP contribution in [0.2, 0.25) is 0 Å². The van der Waals surface area contributed by atoms with E-state index in [-0.39, 0.29) is 46.4 Å². The number of carbonyl (C=O) groups is 1. The Hall–Kier alpha value is -1.27. The minimum absolute atomic E-state index is 0.0671. The van der Waals surface area contributed by atoms with Crippen molar-refractivity contribution in [3.63, 3.8) is 0 Å². The molecular formula is C39H64O10. The van der Waals surface area contributed by atoms with Gasteiger partial charge in [0.05, 0.1) is 19.3 Å². The summed E-state index contributed by atoms with van der Waals surface area (Å²) >= 11 is 0. The standard InChI is InChI=1S/C39H64O10/c1-22(2)23-10-15-39(21-48-34(45)47-19-18-46-33-32(44)31(43)30(42)25(20-40)49-33)17-16-37(6)24(29(23)39)8-9-27-36(5)13-12-28(41)35(3,4)26(36)11-14-38(27,37)7/h23-33,40-44H,1,8-21H2,2-7H3/t23?,24?,25?,26?,27?,28?,29?,30-,31?,32-,33?,36?,37-,38?,39?/m1/s1. The molecule has 12 unspecified atom stereocenters. The largest absolute Gasteiger partial charge is 0.508 e. The first-order valence-corrected chi connectivity index (χ1v) is 19.0. The highest BCUT2D eigenvalue weighted by Crippen LogP contribution is 2.77. The highest BCUT2D eigenvalue weighted by Gasteiger charge is 2.71. The van der Waals surface area contributed by atoms with Crippen LogP contribution in [0.1, 0.15) is 106 Å². The quantitative estimate of drug-likeness (QED) is 0.134. The molecule has 0 aromatic carbocycles. The van der Waals surface area contributed by atoms with Gasteiger partial charge in [-0.3, -0.25) is 0 Å². The third-order valence-electron chi connectivity index (χ3n) is 16.1. The summed E-state index contributed by atoms with van der Waals surface area (Å²) in [5, 5.41) is 50.6. The Kier molecular flexibility index (Phi) is 10.2. The van der Waals surface area contributed by atoms with Gasteiger partial charge in [-0.2, -0.15) is 0 Å². The summed E-state index contributed by atoms with van der Waals surface area (Å²) in [6.07, 6.45) is 3.08. The van der Waals surface area contributed by atoms with Crippen LogP contribution in [0.3, 0.4) is 0 Å². The van der Waals surface area contributed by atoms with Gasteiger partial charge in [0, 0.05) is 5.41 Å². The molecule has 6 fully saturated rings. The van der Waals surface area contributed by atoms with Gasteiger partial charge < -0.3 is 44.5 Å². The topological polar surface area (TPSA) is 155 Å². The van der Waals surface area contributed by atoms with E-state index in [1.165, 1.54) is 31.3 Å². The molecule has 5 saturated carbocycles. The van der Waals surface area contributed by atoms with Crippen molar-refractivity contribution in [3.05, 3.63) is 12.2 Å². The van der Waals surface area contributed by atoms with Crippen LogP contribution in [0.5, 0.6) is 0 Å². The zero-order valence-corrected chi connectivity index (χ0v) is 30.7. The molecule has 10 nitrogen and oxygen atoms in total. The van der Waals surface area contributed by atoms with Crippen molar-refractivity contribution in [3.8, 4) is 0 Å². The molecule has 0 amide bonds. The maximum Gasteiger partial charge on any atom is 0.508 e. The van der Waals surface area contributed by atoms with Crippen LogP contribution in [0.25, 0.3) is 0 Å². The molecule has 6 rings (SSSR count). The van der Waals surface area contributed by atoms with E-state index in [1.54, 1.807) is 0 Å². The van der Waals surface area contributed by atoms with E-state index < -0.39 is 43.5 Å². The van der Waals surface area contributed by atoms with Gasteiger partial charge in [0.1, 0.15) is 37.6 Å². The third-order valence-corrected chi connectivity index (χ3v) is 16.1. The number of fused-ring (bicyclic) bond motifs is 7. The van der Waals surface area contributed by atoms with E-state index in [9.17, 15) is 30.3 Å². The molecule has 0 aromatic heterocycles. The maximum absolute atomic E-state index is 12.9. The maximum atomic E-state index is 12.9. The van der Waals surface area contributed by atoms with Crippen LogP contribution in [0.15, 0.2) is 12.2 Å². The first-order chi connectivity index (χ1) is 23.0. The summed E-state index contributed by atoms with van der Waals surface area (Å²) in [6, 6.07) is 0. The van der Waals surface area contributed by atoms with Gasteiger partial charge in [0.15, 0.2) is 6.29 Å². The van der Waals surface area contributed by atoms with Crippen molar-refractivity contribution in [2.75, 3.05) is 26.4 Å². The summed E-state index contributed by atoms with van der Waals surface area (Å²) < 4.78 is 22.1. The Labute approximate surface area is 292 Å². The zero-order valence-electron chi connectivity index (χ0n) is 30.7. The predicted octanol–water partition coefficient (Wildman–Crippen LogP) is 4.97. The molecule has 6 aliphatic rings. The van der Waals surface area contributed by atoms with Gasteiger partial charge in [-0.15, -0.1) is 0 Å². The van der Waals surface area contributed by atoms with Gasteiger partial charge >= 0.3 is 6.16 Å². The number of allylic oxidation sites excluding steroid dienone is 1. The molecule has 49 heavy (non-hydrogen) atoms. The molecule has 1 aliphatic heterocycles. The van der Waals surface area contributed by atoms with Crippen molar-refractivity contribution in [1.82, 2.24) is 0 Å². The van der Waals surface area contributed by atoms with Crippen LogP contribution < -0.4 is 0 Å². The molecule has 10 heteroatoms. The van der Waals surface area contributed by atoms with Crippen LogP contribution in [-0.4, -0.2) is 94.9 Å². The first-order valence-electron chi connectivity index (χ1n) is 19.0. The summed E-state index contributed by atoms with van der Waals surface area (Å²) in [5.74, 6) is 2.45. The summed E-state index contributed by atoms with van der Waals surface area (Å²) in [5.41, 5.74) is 1.63. The first kappa shape index (κ1) is 37.5. The van der Waals surface area contributed by atoms with E-state index in [0.29, 0.717) is 36.2 Å². The number of hydrogen-bond acceptors (Lipinski definition) is 10. The average Bonchev–Trinajstić information content (AvgIpc) is 3.44. The lowest BCUT2D eigenvalue weighted by Gasteiger charge is -2.73. The van der Waals surface area contributed by atoms with Gasteiger partial charge in [0.2, 0.25) is 0 Å². The fourth-order valence-electron chi connectivity index (χ4n) is 13.3. The van der Waals surface area contributed by atoms with Crippen molar-refractivity contribution in [1.29, 1.82) is 0 Å². The fourth-order valence-corrected chi connectivity index (χ4v) is 13.3. The minimum Gasteiger partial charge on any atom is -0.434 e. The molecule has 0 aromatic rings. The average molecular weight is 693 g/mol. The Balaban J connectivity index is 1.12. The lowest BCUT2D eigenvalue weighted by molar-refractivity contribution is -0.302. The van der Waals surface area contributed by atoms with Crippen molar-refractivity contribution >= 4 is 6.16 Å². The number of carbonyl (C=O) groups excluding carboxylic acids is 1. The number of hydrogen-bond donors (Lipinski definition) is 5. The van der Waals surface area contributed by atoms with Gasteiger partial charge in [-0.1, -0.05) is 46.8 Å². The van der Waals surface area contributed by atoms with Gasteiger partial charge in [-0.25, -0.2) is 4.79 Å². The van der Waals surface area contributed by atoms with E-state index in [1.807, 2.05) is 0 Å². The summed E-state index contributed by atoms with van der Waals surface area (Å²) in [7, 11) is 0. The molecule has 0 bridgehead atoms. The second-order valence-electron chi connectivity index (χ2n) is 18.4. The van der Waals surface area contributed by atoms with Crippen molar-refractivity contribution < 1.29 is 49.3 Å². The minimum atomic E-state index is -1.54. The third kappa shape index (κ3) is 5.82. The smallest absolute Gasteiger partial charge is 0.434 e. The predicted molar refractivity (Wildman–Crippen MR) is 182 cm³/mol. The van der Waals surface area contributed by atoms with Gasteiger partial charge in [0.25, 0.3) is 0 Å². The summed E-state index contributed by atoms with van der Waals surface area (Å²) in [4.78, 5) is 12.9. The Morgan fingerprint density at radius 1 is 0.796 bits per heavy atom. The highest BCUT2D eigenvalue weighted by atomic mass is 16.7. The van der Waals surface area contributed by atoms with E-state index in [4.69, 9.17) is 18.9 Å². The van der Waals surface area contributed by atoms with Crippen LogP contribution >= 0.6 is 0 Å². The molecular weight excluding hydrogens is 628 g/mol. The lowest BCUT2D eigenvalue weighted by atomic mass is 9.32. The zero-order chi connectivity index (χ0) is 35.7. The van der Waals surface area contributed by atoms with Gasteiger partial charge in [-0.05, 0) is 122 Å². The SMILES string of the molecule is C=C(C)C1CCC2(COC(=O)OCCOC3OC(CO)[C@@H](O)C(O)[C@H]3O)CC[C@]3(C)C(CCC4C5(C)CCC(O)C(C)(C)C5CCC43C)C12. The van der Waals surface area contributed by atoms with E-state index >= 15 is 0 Å². The molecule has 15 atom stereocenters. The number of aliphatic hydroxyl groups excluding tert-OH is 5. The molecule has 5 aliphatic carbocycles. The molecule has 1 heterocycles. The lowest BCUT2D eigenvalue weighted by Crippen LogP contribution is -2.66. The molecule has 1 saturated heterocycles. The number of aliphatic hydroxyl groups is 5.